The third-order valence-corrected chi connectivity index (χ3v) is 3.55. The minimum absolute atomic E-state index is 0.615. The number of rotatable bonds is 4. The van der Waals surface area contributed by atoms with Gasteiger partial charge in [0.05, 0.1) is 5.69 Å². The summed E-state index contributed by atoms with van der Waals surface area (Å²) in [4.78, 5) is 0. The average Bonchev–Trinajstić information content (AvgIpc) is 3.05. The predicted octanol–water partition coefficient (Wildman–Crippen LogP) is 3.29. The first-order chi connectivity index (χ1) is 7.24. The van der Waals surface area contributed by atoms with Crippen molar-refractivity contribution in [3.05, 3.63) is 17.5 Å². The van der Waals surface area contributed by atoms with Crippen molar-refractivity contribution in [3.8, 4) is 0 Å². The Morgan fingerprint density at radius 3 is 2.60 bits per heavy atom. The van der Waals surface area contributed by atoms with Crippen LogP contribution in [-0.4, -0.2) is 9.78 Å². The third kappa shape index (κ3) is 1.95. The van der Waals surface area contributed by atoms with Crippen LogP contribution in [0.5, 0.6) is 0 Å². The number of aromatic nitrogens is 2. The van der Waals surface area contributed by atoms with E-state index in [2.05, 4.69) is 24.6 Å². The zero-order valence-corrected chi connectivity index (χ0v) is 9.74. The Labute approximate surface area is 91.7 Å². The van der Waals surface area contributed by atoms with E-state index < -0.39 is 0 Å². The monoisotopic (exact) mass is 204 g/mol. The fourth-order valence-corrected chi connectivity index (χ4v) is 2.19. The topological polar surface area (TPSA) is 17.8 Å². The molecular weight excluding hydrogens is 184 g/mol. The summed E-state index contributed by atoms with van der Waals surface area (Å²) in [5.74, 6) is 2.33. The molecule has 1 aromatic heterocycles. The van der Waals surface area contributed by atoms with Crippen molar-refractivity contribution in [1.29, 1.82) is 0 Å². The molecule has 0 aliphatic heterocycles. The van der Waals surface area contributed by atoms with Gasteiger partial charge < -0.3 is 0 Å². The van der Waals surface area contributed by atoms with Crippen molar-refractivity contribution < 1.29 is 0 Å². The summed E-state index contributed by atoms with van der Waals surface area (Å²) < 4.78 is 2.29. The van der Waals surface area contributed by atoms with Gasteiger partial charge in [0.1, 0.15) is 0 Å². The zero-order valence-electron chi connectivity index (χ0n) is 9.74. The minimum Gasteiger partial charge on any atom is -0.269 e. The maximum Gasteiger partial charge on any atom is 0.0658 e. The highest BCUT2D eigenvalue weighted by Crippen LogP contribution is 2.40. The number of hydrogen-bond donors (Lipinski definition) is 0. The molecule has 2 heteroatoms. The summed E-state index contributed by atoms with van der Waals surface area (Å²) >= 11 is 0. The normalized spacial score (nSPS) is 21.3. The second kappa shape index (κ2) is 3.36. The average molecular weight is 204 g/mol. The molecule has 2 aliphatic rings. The van der Waals surface area contributed by atoms with Gasteiger partial charge >= 0.3 is 0 Å². The van der Waals surface area contributed by atoms with Gasteiger partial charge in [0.25, 0.3) is 0 Å². The summed E-state index contributed by atoms with van der Waals surface area (Å²) in [6.45, 7) is 5.72. The first-order valence-corrected chi connectivity index (χ1v) is 6.31. The molecule has 1 heterocycles. The van der Waals surface area contributed by atoms with Crippen molar-refractivity contribution in [2.45, 2.75) is 57.9 Å². The zero-order chi connectivity index (χ0) is 10.4. The lowest BCUT2D eigenvalue weighted by Gasteiger charge is -2.08. The Balaban J connectivity index is 1.86. The molecule has 0 spiro atoms. The van der Waals surface area contributed by atoms with Crippen LogP contribution in [0.2, 0.25) is 0 Å². The van der Waals surface area contributed by atoms with Gasteiger partial charge in [-0.05, 0) is 43.6 Å². The molecule has 3 rings (SSSR count). The highest BCUT2D eigenvalue weighted by Gasteiger charge is 2.29. The summed E-state index contributed by atoms with van der Waals surface area (Å²) in [5, 5.41) is 4.79. The van der Waals surface area contributed by atoms with Crippen molar-refractivity contribution >= 4 is 0 Å². The fraction of sp³-hybridized carbons (Fsp3) is 0.769. The number of nitrogens with zero attached hydrogens (tertiary/aromatic N) is 2. The van der Waals surface area contributed by atoms with E-state index in [9.17, 15) is 0 Å². The van der Waals surface area contributed by atoms with Crippen molar-refractivity contribution in [3.63, 3.8) is 0 Å². The van der Waals surface area contributed by atoms with E-state index in [1.54, 1.807) is 0 Å². The van der Waals surface area contributed by atoms with Gasteiger partial charge in [0.15, 0.2) is 0 Å². The molecule has 0 saturated heterocycles. The van der Waals surface area contributed by atoms with Crippen LogP contribution < -0.4 is 0 Å². The quantitative estimate of drug-likeness (QED) is 0.736. The summed E-state index contributed by atoms with van der Waals surface area (Å²) in [7, 11) is 0. The minimum atomic E-state index is 0.615. The van der Waals surface area contributed by atoms with Gasteiger partial charge in [0.2, 0.25) is 0 Å². The van der Waals surface area contributed by atoms with Crippen LogP contribution in [0.25, 0.3) is 0 Å². The molecule has 2 aliphatic carbocycles. The SMILES string of the molecule is CC(C)c1cc(C2CC2)nn1CC1CC1. The Hall–Kier alpha value is -0.790. The maximum atomic E-state index is 4.79. The molecule has 1 aromatic rings. The lowest BCUT2D eigenvalue weighted by molar-refractivity contribution is 0.522. The van der Waals surface area contributed by atoms with Crippen LogP contribution in [0.15, 0.2) is 6.07 Å². The molecule has 2 fully saturated rings. The molecule has 0 amide bonds. The molecule has 0 bridgehead atoms. The summed E-state index contributed by atoms with van der Waals surface area (Å²) in [5.41, 5.74) is 2.81. The van der Waals surface area contributed by atoms with Crippen LogP contribution in [0.1, 0.15) is 62.8 Å². The summed E-state index contributed by atoms with van der Waals surface area (Å²) in [6.07, 6.45) is 5.54. The number of hydrogen-bond acceptors (Lipinski definition) is 1. The molecule has 0 atom stereocenters. The highest BCUT2D eigenvalue weighted by atomic mass is 15.3. The molecule has 0 unspecified atom stereocenters. The first kappa shape index (κ1) is 9.44. The van der Waals surface area contributed by atoms with Gasteiger partial charge in [-0.3, -0.25) is 4.68 Å². The van der Waals surface area contributed by atoms with E-state index >= 15 is 0 Å². The van der Waals surface area contributed by atoms with Crippen LogP contribution in [0.4, 0.5) is 0 Å². The largest absolute Gasteiger partial charge is 0.269 e. The second-order valence-electron chi connectivity index (χ2n) is 5.55. The van der Waals surface area contributed by atoms with Gasteiger partial charge in [-0.1, -0.05) is 13.8 Å². The standard InChI is InChI=1S/C13H20N2/c1-9(2)13-7-12(11-5-6-11)14-15(13)8-10-3-4-10/h7,9-11H,3-6,8H2,1-2H3. The Kier molecular flexibility index (Phi) is 2.11. The molecular formula is C13H20N2. The van der Waals surface area contributed by atoms with E-state index in [1.807, 2.05) is 0 Å². The van der Waals surface area contributed by atoms with Gasteiger partial charge in [0, 0.05) is 18.2 Å². The Morgan fingerprint density at radius 1 is 1.33 bits per heavy atom. The van der Waals surface area contributed by atoms with Crippen molar-refractivity contribution in [2.75, 3.05) is 0 Å². The lowest BCUT2D eigenvalue weighted by atomic mass is 10.1. The Bertz CT molecular complexity index is 357. The van der Waals surface area contributed by atoms with Crippen LogP contribution >= 0.6 is 0 Å². The van der Waals surface area contributed by atoms with Crippen LogP contribution in [0, 0.1) is 5.92 Å². The van der Waals surface area contributed by atoms with Crippen molar-refractivity contribution in [2.24, 2.45) is 5.92 Å². The van der Waals surface area contributed by atoms with E-state index in [4.69, 9.17) is 5.10 Å². The summed E-state index contributed by atoms with van der Waals surface area (Å²) in [6, 6.07) is 2.35. The second-order valence-corrected chi connectivity index (χ2v) is 5.55. The fourth-order valence-electron chi connectivity index (χ4n) is 2.19. The molecule has 82 valence electrons. The van der Waals surface area contributed by atoms with Gasteiger partial charge in [-0.25, -0.2) is 0 Å². The molecule has 0 aromatic carbocycles. The smallest absolute Gasteiger partial charge is 0.0658 e. The molecule has 2 nitrogen and oxygen atoms in total. The maximum absolute atomic E-state index is 4.79. The van der Waals surface area contributed by atoms with E-state index in [0.29, 0.717) is 5.92 Å². The van der Waals surface area contributed by atoms with Crippen LogP contribution in [0.3, 0.4) is 0 Å². The Morgan fingerprint density at radius 2 is 2.07 bits per heavy atom. The van der Waals surface area contributed by atoms with E-state index in [-0.39, 0.29) is 0 Å². The van der Waals surface area contributed by atoms with Crippen LogP contribution in [-0.2, 0) is 6.54 Å². The van der Waals surface area contributed by atoms with E-state index in [0.717, 1.165) is 11.8 Å². The van der Waals surface area contributed by atoms with Gasteiger partial charge in [-0.15, -0.1) is 0 Å². The lowest BCUT2D eigenvalue weighted by Crippen LogP contribution is -2.07. The molecule has 15 heavy (non-hydrogen) atoms. The van der Waals surface area contributed by atoms with E-state index in [1.165, 1.54) is 43.6 Å². The molecule has 2 saturated carbocycles. The third-order valence-electron chi connectivity index (χ3n) is 3.55. The van der Waals surface area contributed by atoms with Gasteiger partial charge in [-0.2, -0.15) is 5.10 Å². The molecule has 0 radical (unpaired) electrons. The molecule has 0 N–H and O–H groups in total. The predicted molar refractivity (Wildman–Crippen MR) is 61.0 cm³/mol. The van der Waals surface area contributed by atoms with Crippen molar-refractivity contribution in [1.82, 2.24) is 9.78 Å². The highest BCUT2D eigenvalue weighted by molar-refractivity contribution is 5.20. The first-order valence-electron chi connectivity index (χ1n) is 6.31.